The highest BCUT2D eigenvalue weighted by Crippen LogP contribution is 2.22. The molecule has 31 heavy (non-hydrogen) atoms. The average molecular weight is 421 g/mol. The number of amides is 2. The Bertz CT molecular complexity index is 1110. The van der Waals surface area contributed by atoms with E-state index < -0.39 is 5.60 Å². The fourth-order valence-electron chi connectivity index (χ4n) is 3.87. The van der Waals surface area contributed by atoms with Crippen LogP contribution in [0.5, 0.6) is 0 Å². The van der Waals surface area contributed by atoms with Gasteiger partial charge >= 0.3 is 6.09 Å². The first-order valence-corrected chi connectivity index (χ1v) is 10.5. The van der Waals surface area contributed by atoms with E-state index in [1.165, 1.54) is 0 Å². The maximum atomic E-state index is 12.7. The lowest BCUT2D eigenvalue weighted by molar-refractivity contribution is 0.0290. The van der Waals surface area contributed by atoms with Crippen LogP contribution in [0.25, 0.3) is 16.7 Å². The monoisotopic (exact) mass is 420 g/mol. The molecule has 1 fully saturated rings. The number of likely N-dealkylation sites (tertiary alicyclic amines) is 1. The zero-order valence-corrected chi connectivity index (χ0v) is 18.4. The Morgan fingerprint density at radius 2 is 1.81 bits per heavy atom. The highest BCUT2D eigenvalue weighted by atomic mass is 16.6. The second-order valence-corrected chi connectivity index (χ2v) is 8.92. The third-order valence-corrected chi connectivity index (χ3v) is 5.29. The zero-order valence-electron chi connectivity index (χ0n) is 18.4. The first kappa shape index (κ1) is 20.9. The van der Waals surface area contributed by atoms with Crippen LogP contribution in [-0.2, 0) is 4.74 Å². The van der Waals surface area contributed by atoms with Crippen LogP contribution in [0.15, 0.2) is 48.5 Å². The molecule has 0 aliphatic carbocycles. The number of aromatic nitrogens is 2. The molecule has 1 aliphatic heterocycles. The number of benzene rings is 2. The van der Waals surface area contributed by atoms with Gasteiger partial charge in [0.15, 0.2) is 0 Å². The molecule has 0 spiro atoms. The molecule has 7 nitrogen and oxygen atoms in total. The van der Waals surface area contributed by atoms with Crippen molar-refractivity contribution in [3.8, 4) is 5.69 Å². The Morgan fingerprint density at radius 3 is 2.52 bits per heavy atom. The Labute approximate surface area is 182 Å². The van der Waals surface area contributed by atoms with Gasteiger partial charge in [0.2, 0.25) is 0 Å². The second-order valence-electron chi connectivity index (χ2n) is 8.92. The highest BCUT2D eigenvalue weighted by molar-refractivity contribution is 5.94. The predicted molar refractivity (Wildman–Crippen MR) is 119 cm³/mol. The van der Waals surface area contributed by atoms with Gasteiger partial charge in [0, 0.05) is 30.4 Å². The lowest BCUT2D eigenvalue weighted by atomic mass is 10.1. The normalized spacial score (nSPS) is 16.5. The van der Waals surface area contributed by atoms with Crippen LogP contribution < -0.4 is 5.32 Å². The van der Waals surface area contributed by atoms with Crippen molar-refractivity contribution in [2.24, 2.45) is 0 Å². The molecule has 1 N–H and O–H groups in total. The number of rotatable bonds is 3. The molecule has 2 aromatic carbocycles. The molecule has 2 amide bonds. The van der Waals surface area contributed by atoms with E-state index in [0.29, 0.717) is 25.1 Å². The SMILES string of the molecule is Cc1nc2ccccc2n1-c1ccc(C(=O)N[C@@H]2CCN(C(=O)OC(C)(C)C)C2)cc1. The van der Waals surface area contributed by atoms with Crippen molar-refractivity contribution in [2.75, 3.05) is 13.1 Å². The number of hydrogen-bond acceptors (Lipinski definition) is 4. The van der Waals surface area contributed by atoms with Gasteiger partial charge in [0.25, 0.3) is 5.91 Å². The number of ether oxygens (including phenoxy) is 1. The van der Waals surface area contributed by atoms with E-state index in [2.05, 4.69) is 14.9 Å². The standard InChI is InChI=1S/C24H28N4O3/c1-16-25-20-7-5-6-8-21(20)28(16)19-11-9-17(10-12-19)22(29)26-18-13-14-27(15-18)23(30)31-24(2,3)4/h5-12,18H,13-15H2,1-4H3,(H,26,29)/t18-/m1/s1. The number of carbonyl (C=O) groups excluding carboxylic acids is 2. The number of aryl methyl sites for hydroxylation is 1. The Balaban J connectivity index is 1.41. The van der Waals surface area contributed by atoms with Crippen LogP contribution in [0, 0.1) is 6.92 Å². The fourth-order valence-corrected chi connectivity index (χ4v) is 3.87. The van der Waals surface area contributed by atoms with Gasteiger partial charge in [-0.2, -0.15) is 0 Å². The number of carbonyl (C=O) groups is 2. The number of nitrogens with zero attached hydrogens (tertiary/aromatic N) is 3. The molecule has 0 unspecified atom stereocenters. The van der Waals surface area contributed by atoms with Crippen molar-refractivity contribution in [2.45, 2.75) is 45.8 Å². The summed E-state index contributed by atoms with van der Waals surface area (Å²) in [5, 5.41) is 3.03. The molecule has 0 saturated carbocycles. The predicted octanol–water partition coefficient (Wildman–Crippen LogP) is 4.07. The van der Waals surface area contributed by atoms with Crippen LogP contribution in [-0.4, -0.2) is 51.2 Å². The van der Waals surface area contributed by atoms with Gasteiger partial charge in [0.05, 0.1) is 11.0 Å². The molecular formula is C24H28N4O3. The van der Waals surface area contributed by atoms with Crippen LogP contribution >= 0.6 is 0 Å². The number of para-hydroxylation sites is 2. The number of imidazole rings is 1. The van der Waals surface area contributed by atoms with Crippen molar-refractivity contribution >= 4 is 23.0 Å². The van der Waals surface area contributed by atoms with E-state index in [4.69, 9.17) is 4.74 Å². The molecule has 1 aliphatic rings. The number of hydrogen-bond donors (Lipinski definition) is 1. The van der Waals surface area contributed by atoms with Crippen molar-refractivity contribution in [3.05, 3.63) is 59.9 Å². The van der Waals surface area contributed by atoms with Gasteiger partial charge in [-0.1, -0.05) is 12.1 Å². The topological polar surface area (TPSA) is 76.5 Å². The first-order chi connectivity index (χ1) is 14.7. The first-order valence-electron chi connectivity index (χ1n) is 10.5. The molecule has 1 aromatic heterocycles. The largest absolute Gasteiger partial charge is 0.444 e. The van der Waals surface area contributed by atoms with Gasteiger partial charge in [-0.3, -0.25) is 9.36 Å². The summed E-state index contributed by atoms with van der Waals surface area (Å²) in [5.74, 6) is 0.751. The molecule has 2 heterocycles. The third kappa shape index (κ3) is 4.55. The summed E-state index contributed by atoms with van der Waals surface area (Å²) in [5.41, 5.74) is 2.99. The van der Waals surface area contributed by atoms with Crippen LogP contribution in [0.1, 0.15) is 43.4 Å². The lowest BCUT2D eigenvalue weighted by Gasteiger charge is -2.24. The summed E-state index contributed by atoms with van der Waals surface area (Å²) in [6.07, 6.45) is 0.375. The summed E-state index contributed by atoms with van der Waals surface area (Å²) in [7, 11) is 0. The molecule has 7 heteroatoms. The van der Waals surface area contributed by atoms with E-state index in [1.54, 1.807) is 4.90 Å². The number of fused-ring (bicyclic) bond motifs is 1. The second kappa shape index (κ2) is 8.06. The highest BCUT2D eigenvalue weighted by Gasteiger charge is 2.30. The quantitative estimate of drug-likeness (QED) is 0.693. The number of nitrogens with one attached hydrogen (secondary N) is 1. The molecule has 162 valence electrons. The summed E-state index contributed by atoms with van der Waals surface area (Å²) >= 11 is 0. The minimum Gasteiger partial charge on any atom is -0.444 e. The van der Waals surface area contributed by atoms with E-state index in [9.17, 15) is 9.59 Å². The maximum Gasteiger partial charge on any atom is 0.410 e. The molecule has 0 bridgehead atoms. The van der Waals surface area contributed by atoms with Crippen LogP contribution in [0.2, 0.25) is 0 Å². The Kier molecular flexibility index (Phi) is 5.43. The zero-order chi connectivity index (χ0) is 22.2. The lowest BCUT2D eigenvalue weighted by Crippen LogP contribution is -2.40. The van der Waals surface area contributed by atoms with E-state index in [1.807, 2.05) is 76.2 Å². The van der Waals surface area contributed by atoms with Crippen molar-refractivity contribution < 1.29 is 14.3 Å². The van der Waals surface area contributed by atoms with Gasteiger partial charge in [-0.15, -0.1) is 0 Å². The Morgan fingerprint density at radius 1 is 1.10 bits per heavy atom. The summed E-state index contributed by atoms with van der Waals surface area (Å²) in [4.78, 5) is 31.2. The van der Waals surface area contributed by atoms with Crippen LogP contribution in [0.3, 0.4) is 0 Å². The van der Waals surface area contributed by atoms with Crippen molar-refractivity contribution in [1.82, 2.24) is 19.8 Å². The van der Waals surface area contributed by atoms with Gasteiger partial charge in [0.1, 0.15) is 11.4 Å². The van der Waals surface area contributed by atoms with Gasteiger partial charge in [-0.05, 0) is 70.5 Å². The molecule has 1 atom stereocenters. The fraction of sp³-hybridized carbons (Fsp3) is 0.375. The smallest absolute Gasteiger partial charge is 0.410 e. The van der Waals surface area contributed by atoms with Gasteiger partial charge < -0.3 is 15.0 Å². The molecule has 0 radical (unpaired) electrons. The molecular weight excluding hydrogens is 392 g/mol. The summed E-state index contributed by atoms with van der Waals surface area (Å²) in [6.45, 7) is 8.54. The minimum atomic E-state index is -0.529. The molecule has 1 saturated heterocycles. The average Bonchev–Trinajstić information content (AvgIpc) is 3.30. The van der Waals surface area contributed by atoms with Gasteiger partial charge in [-0.25, -0.2) is 9.78 Å². The van der Waals surface area contributed by atoms with E-state index in [0.717, 1.165) is 22.5 Å². The van der Waals surface area contributed by atoms with Crippen LogP contribution in [0.4, 0.5) is 4.79 Å². The van der Waals surface area contributed by atoms with Crippen molar-refractivity contribution in [3.63, 3.8) is 0 Å². The molecule has 4 rings (SSSR count). The van der Waals surface area contributed by atoms with E-state index >= 15 is 0 Å². The maximum absolute atomic E-state index is 12.7. The molecule has 3 aromatic rings. The summed E-state index contributed by atoms with van der Waals surface area (Å²) in [6, 6.07) is 15.4. The van der Waals surface area contributed by atoms with Crippen molar-refractivity contribution in [1.29, 1.82) is 0 Å². The summed E-state index contributed by atoms with van der Waals surface area (Å²) < 4.78 is 7.49. The minimum absolute atomic E-state index is 0.0838. The third-order valence-electron chi connectivity index (χ3n) is 5.29. The Hall–Kier alpha value is -3.35. The van der Waals surface area contributed by atoms with E-state index in [-0.39, 0.29) is 18.0 Å².